The molecule has 1 heterocycles. The van der Waals surface area contributed by atoms with Gasteiger partial charge in [0.25, 0.3) is 20.0 Å². The van der Waals surface area contributed by atoms with E-state index in [-0.39, 0.29) is 22.3 Å². The Morgan fingerprint density at radius 2 is 1.31 bits per heavy atom. The molecule has 0 amide bonds. The number of aromatic nitrogens is 1. The zero-order valence-electron chi connectivity index (χ0n) is 18.9. The number of hydrogen-bond donors (Lipinski definition) is 1. The van der Waals surface area contributed by atoms with Gasteiger partial charge in [-0.15, -0.1) is 0 Å². The Balaban J connectivity index is 1.51. The van der Waals surface area contributed by atoms with Crippen LogP contribution in [0.5, 0.6) is 0 Å². The molecule has 1 N–H and O–H groups in total. The number of sulfonamides is 1. The van der Waals surface area contributed by atoms with Crippen LogP contribution in [-0.2, 0) is 26.6 Å². The lowest BCUT2D eigenvalue weighted by atomic mass is 10.0. The predicted octanol–water partition coefficient (Wildman–Crippen LogP) is 5.16. The average molecular weight is 521 g/mol. The van der Waals surface area contributed by atoms with Gasteiger partial charge in [-0.05, 0) is 53.1 Å². The fourth-order valence-electron chi connectivity index (χ4n) is 3.96. The smallest absolute Gasteiger partial charge is 0.221 e. The van der Waals surface area contributed by atoms with Crippen molar-refractivity contribution in [2.24, 2.45) is 0 Å². The highest BCUT2D eigenvalue weighted by Crippen LogP contribution is 2.29. The first-order chi connectivity index (χ1) is 17.3. The minimum absolute atomic E-state index is 0.0569. The fourth-order valence-corrected chi connectivity index (χ4v) is 7.07. The summed E-state index contributed by atoms with van der Waals surface area (Å²) in [5.41, 5.74) is 2.65. The maximum atomic E-state index is 14.1. The largest absolute Gasteiger partial charge is 0.269 e. The maximum absolute atomic E-state index is 14.1. The van der Waals surface area contributed by atoms with Gasteiger partial charge in [-0.2, -0.15) is 0 Å². The van der Waals surface area contributed by atoms with Crippen LogP contribution in [0.3, 0.4) is 0 Å². The molecule has 1 aromatic heterocycles. The molecular formula is C27H21FN2O4S2. The van der Waals surface area contributed by atoms with E-state index < -0.39 is 30.9 Å². The lowest BCUT2D eigenvalue weighted by Gasteiger charge is -2.13. The van der Waals surface area contributed by atoms with E-state index in [0.29, 0.717) is 9.54 Å². The quantitative estimate of drug-likeness (QED) is 0.321. The van der Waals surface area contributed by atoms with E-state index >= 15 is 0 Å². The molecule has 4 aromatic carbocycles. The SMILES string of the molecule is O=S(=O)(NCc1ccc(-c2ccccc2)cc1)c1cc2ccc(F)cc2n1S(=O)(=O)c1ccccc1. The van der Waals surface area contributed by atoms with E-state index in [0.717, 1.165) is 23.3 Å². The average Bonchev–Trinajstić information content (AvgIpc) is 3.29. The molecule has 9 heteroatoms. The Bertz CT molecular complexity index is 1750. The van der Waals surface area contributed by atoms with E-state index in [9.17, 15) is 21.2 Å². The molecule has 6 nitrogen and oxygen atoms in total. The molecule has 0 aliphatic carbocycles. The fraction of sp³-hybridized carbons (Fsp3) is 0.0370. The number of fused-ring (bicyclic) bond motifs is 1. The summed E-state index contributed by atoms with van der Waals surface area (Å²) in [4.78, 5) is -0.111. The van der Waals surface area contributed by atoms with Gasteiger partial charge in [0.2, 0.25) is 0 Å². The third-order valence-corrected chi connectivity index (χ3v) is 9.01. The monoisotopic (exact) mass is 520 g/mol. The van der Waals surface area contributed by atoms with Crippen LogP contribution in [0.4, 0.5) is 4.39 Å². The summed E-state index contributed by atoms with van der Waals surface area (Å²) in [6, 6.07) is 29.3. The van der Waals surface area contributed by atoms with E-state index in [1.165, 1.54) is 36.4 Å². The molecule has 0 bridgehead atoms. The first-order valence-electron chi connectivity index (χ1n) is 11.0. The Labute approximate surface area is 208 Å². The van der Waals surface area contributed by atoms with Crippen LogP contribution in [0.2, 0.25) is 0 Å². The van der Waals surface area contributed by atoms with Crippen LogP contribution in [-0.4, -0.2) is 20.8 Å². The van der Waals surface area contributed by atoms with Crippen molar-refractivity contribution in [3.63, 3.8) is 0 Å². The summed E-state index contributed by atoms with van der Waals surface area (Å²) in [7, 11) is -8.65. The Hall–Kier alpha value is -3.79. The predicted molar refractivity (Wildman–Crippen MR) is 137 cm³/mol. The molecule has 5 rings (SSSR count). The summed E-state index contributed by atoms with van der Waals surface area (Å²) in [6.07, 6.45) is 0. The summed E-state index contributed by atoms with van der Waals surface area (Å²) in [6.45, 7) is -0.0569. The first-order valence-corrected chi connectivity index (χ1v) is 13.9. The molecular weight excluding hydrogens is 499 g/mol. The van der Waals surface area contributed by atoms with E-state index in [1.807, 2.05) is 42.5 Å². The van der Waals surface area contributed by atoms with Gasteiger partial charge in [0.15, 0.2) is 5.03 Å². The molecule has 0 saturated heterocycles. The highest BCUT2D eigenvalue weighted by Gasteiger charge is 2.30. The highest BCUT2D eigenvalue weighted by molar-refractivity contribution is 7.92. The van der Waals surface area contributed by atoms with Crippen molar-refractivity contribution in [3.8, 4) is 11.1 Å². The van der Waals surface area contributed by atoms with Gasteiger partial charge in [-0.1, -0.05) is 72.8 Å². The van der Waals surface area contributed by atoms with Crippen molar-refractivity contribution >= 4 is 30.9 Å². The first kappa shape index (κ1) is 23.9. The number of nitrogens with one attached hydrogen (secondary N) is 1. The summed E-state index contributed by atoms with van der Waals surface area (Å²) in [5.74, 6) is -0.680. The normalized spacial score (nSPS) is 12.1. The molecule has 0 radical (unpaired) electrons. The van der Waals surface area contributed by atoms with E-state index in [4.69, 9.17) is 0 Å². The van der Waals surface area contributed by atoms with Gasteiger partial charge in [-0.3, -0.25) is 0 Å². The van der Waals surface area contributed by atoms with Crippen molar-refractivity contribution in [3.05, 3.63) is 121 Å². The Kier molecular flexibility index (Phi) is 6.21. The summed E-state index contributed by atoms with van der Waals surface area (Å²) >= 11 is 0. The molecule has 5 aromatic rings. The van der Waals surface area contributed by atoms with Crippen molar-refractivity contribution in [2.75, 3.05) is 0 Å². The second-order valence-corrected chi connectivity index (χ2v) is 11.7. The number of halogens is 1. The zero-order valence-corrected chi connectivity index (χ0v) is 20.5. The molecule has 182 valence electrons. The van der Waals surface area contributed by atoms with Crippen molar-refractivity contribution < 1.29 is 21.2 Å². The lowest BCUT2D eigenvalue weighted by Crippen LogP contribution is -2.27. The van der Waals surface area contributed by atoms with Gasteiger partial charge < -0.3 is 0 Å². The third kappa shape index (κ3) is 4.56. The van der Waals surface area contributed by atoms with E-state index in [2.05, 4.69) is 4.72 Å². The Morgan fingerprint density at radius 3 is 1.97 bits per heavy atom. The minimum Gasteiger partial charge on any atom is -0.221 e. The second-order valence-electron chi connectivity index (χ2n) is 8.16. The molecule has 36 heavy (non-hydrogen) atoms. The molecule has 0 aliphatic rings. The molecule has 0 fully saturated rings. The van der Waals surface area contributed by atoms with Gasteiger partial charge in [-0.25, -0.2) is 29.9 Å². The summed E-state index contributed by atoms with van der Waals surface area (Å²) < 4.78 is 70.9. The molecule has 0 spiro atoms. The lowest BCUT2D eigenvalue weighted by molar-refractivity contribution is 0.565. The van der Waals surface area contributed by atoms with Crippen molar-refractivity contribution in [1.82, 2.24) is 8.69 Å². The topological polar surface area (TPSA) is 85.2 Å². The molecule has 0 atom stereocenters. The number of rotatable bonds is 7. The molecule has 0 unspecified atom stereocenters. The molecule has 0 aliphatic heterocycles. The van der Waals surface area contributed by atoms with Crippen LogP contribution in [0.25, 0.3) is 22.0 Å². The molecule has 0 saturated carbocycles. The minimum atomic E-state index is -4.34. The maximum Gasteiger partial charge on any atom is 0.269 e. The van der Waals surface area contributed by atoms with Crippen LogP contribution in [0, 0.1) is 5.82 Å². The van der Waals surface area contributed by atoms with Gasteiger partial charge in [0.1, 0.15) is 5.82 Å². The van der Waals surface area contributed by atoms with Crippen molar-refractivity contribution in [1.29, 1.82) is 0 Å². The van der Waals surface area contributed by atoms with Crippen LogP contribution < -0.4 is 4.72 Å². The zero-order chi connectivity index (χ0) is 25.3. The van der Waals surface area contributed by atoms with Crippen LogP contribution in [0.1, 0.15) is 5.56 Å². The second kappa shape index (κ2) is 9.34. The Morgan fingerprint density at radius 1 is 0.694 bits per heavy atom. The van der Waals surface area contributed by atoms with Crippen molar-refractivity contribution in [2.45, 2.75) is 16.5 Å². The third-order valence-electron chi connectivity index (χ3n) is 5.77. The van der Waals surface area contributed by atoms with Gasteiger partial charge in [0.05, 0.1) is 10.4 Å². The number of hydrogen-bond acceptors (Lipinski definition) is 4. The van der Waals surface area contributed by atoms with E-state index in [1.54, 1.807) is 18.2 Å². The number of nitrogens with zero attached hydrogens (tertiary/aromatic N) is 1. The highest BCUT2D eigenvalue weighted by atomic mass is 32.2. The van der Waals surface area contributed by atoms with Crippen LogP contribution in [0.15, 0.2) is 119 Å². The standard InChI is InChI=1S/C27H21FN2O4S2/c28-24-16-15-23-17-27(30(26(23)18-24)36(33,34)25-9-5-2-6-10-25)35(31,32)29-19-20-11-13-22(14-12-20)21-7-3-1-4-8-21/h1-18,29H,19H2. The number of benzene rings is 4. The summed E-state index contributed by atoms with van der Waals surface area (Å²) in [5, 5.41) is -0.212. The van der Waals surface area contributed by atoms with Gasteiger partial charge >= 0.3 is 0 Å². The van der Waals surface area contributed by atoms with Gasteiger partial charge in [0, 0.05) is 11.9 Å². The van der Waals surface area contributed by atoms with Crippen LogP contribution >= 0.6 is 0 Å².